The monoisotopic (exact) mass is 365 g/mol. The van der Waals surface area contributed by atoms with E-state index >= 15 is 0 Å². The second kappa shape index (κ2) is 7.89. The molecule has 2 aliphatic carbocycles. The summed E-state index contributed by atoms with van der Waals surface area (Å²) in [6.07, 6.45) is 9.12. The minimum atomic E-state index is -0.0885. The van der Waals surface area contributed by atoms with Crippen molar-refractivity contribution in [3.8, 4) is 0 Å². The maximum absolute atomic E-state index is 13.1. The normalized spacial score (nSPS) is 18.8. The fraction of sp³-hybridized carbons (Fsp3) is 0.522. The molecule has 2 aromatic rings. The molecule has 1 unspecified atom stereocenters. The van der Waals surface area contributed by atoms with E-state index in [1.165, 1.54) is 40.4 Å². The van der Waals surface area contributed by atoms with Gasteiger partial charge in [-0.05, 0) is 74.8 Å². The van der Waals surface area contributed by atoms with E-state index in [9.17, 15) is 4.79 Å². The Bertz CT molecular complexity index is 842. The van der Waals surface area contributed by atoms with Crippen molar-refractivity contribution in [2.75, 3.05) is 26.2 Å². The summed E-state index contributed by atoms with van der Waals surface area (Å²) in [5.74, 6) is 0.991. The molecular formula is C23H31N3O. The Labute approximate surface area is 162 Å². The molecule has 1 aromatic carbocycles. The summed E-state index contributed by atoms with van der Waals surface area (Å²) in [5.41, 5.74) is 5.23. The van der Waals surface area contributed by atoms with E-state index in [0.29, 0.717) is 0 Å². The van der Waals surface area contributed by atoms with E-state index in [1.807, 2.05) is 4.90 Å². The van der Waals surface area contributed by atoms with Crippen LogP contribution < -0.4 is 5.32 Å². The quantitative estimate of drug-likeness (QED) is 0.743. The third kappa shape index (κ3) is 3.81. The van der Waals surface area contributed by atoms with E-state index in [2.05, 4.69) is 54.6 Å². The Morgan fingerprint density at radius 3 is 2.85 bits per heavy atom. The molecule has 0 radical (unpaired) electrons. The van der Waals surface area contributed by atoms with Crippen LogP contribution in [0, 0.1) is 11.8 Å². The lowest BCUT2D eigenvalue weighted by Crippen LogP contribution is -2.40. The van der Waals surface area contributed by atoms with Crippen LogP contribution in [-0.4, -0.2) is 42.0 Å². The van der Waals surface area contributed by atoms with Crippen molar-refractivity contribution in [1.82, 2.24) is 15.2 Å². The number of aryl methyl sites for hydroxylation is 1. The van der Waals surface area contributed by atoms with Gasteiger partial charge in [0, 0.05) is 36.7 Å². The van der Waals surface area contributed by atoms with Crippen molar-refractivity contribution in [2.24, 2.45) is 11.8 Å². The number of hydrogen-bond acceptors (Lipinski definition) is 2. The molecule has 0 aliphatic heterocycles. The Balaban J connectivity index is 1.62. The van der Waals surface area contributed by atoms with E-state index in [-0.39, 0.29) is 11.8 Å². The first-order chi connectivity index (χ1) is 13.2. The van der Waals surface area contributed by atoms with Gasteiger partial charge in [0.15, 0.2) is 0 Å². The zero-order valence-electron chi connectivity index (χ0n) is 16.6. The third-order valence-electron chi connectivity index (χ3n) is 6.09. The molecule has 4 rings (SSSR count). The molecule has 1 saturated carbocycles. The Kier molecular flexibility index (Phi) is 5.35. The van der Waals surface area contributed by atoms with Crippen molar-refractivity contribution in [1.29, 1.82) is 0 Å². The number of allylic oxidation sites excluding steroid dienone is 1. The number of H-pyrrole nitrogens is 1. The molecule has 0 bridgehead atoms. The molecule has 4 nitrogen and oxygen atoms in total. The van der Waals surface area contributed by atoms with Crippen molar-refractivity contribution < 1.29 is 4.79 Å². The number of carbonyl (C=O) groups excluding carboxylic acids is 1. The molecular weight excluding hydrogens is 334 g/mol. The molecule has 2 aliphatic rings. The third-order valence-corrected chi connectivity index (χ3v) is 6.09. The molecule has 0 saturated heterocycles. The predicted octanol–water partition coefficient (Wildman–Crippen LogP) is 3.98. The van der Waals surface area contributed by atoms with Gasteiger partial charge in [-0.1, -0.05) is 18.2 Å². The van der Waals surface area contributed by atoms with Gasteiger partial charge < -0.3 is 15.2 Å². The minimum absolute atomic E-state index is 0.0885. The van der Waals surface area contributed by atoms with Crippen LogP contribution in [0.15, 0.2) is 30.5 Å². The maximum Gasteiger partial charge on any atom is 0.230 e. The van der Waals surface area contributed by atoms with E-state index in [0.717, 1.165) is 44.9 Å². The molecule has 144 valence electrons. The number of nitrogens with one attached hydrogen (secondary N) is 2. The summed E-state index contributed by atoms with van der Waals surface area (Å²) < 4.78 is 0. The number of nitrogens with zero attached hydrogens (tertiary/aromatic N) is 1. The molecule has 1 amide bonds. The number of rotatable bonds is 8. The maximum atomic E-state index is 13.1. The summed E-state index contributed by atoms with van der Waals surface area (Å²) in [7, 11) is 0. The number of aromatic amines is 1. The standard InChI is InChI=1S/C23H31N3O/c1-3-26(4-2)23(27)19(14-24-13-16-8-9-16)12-17-10-11-18-15-25-21-7-5-6-20(17)22(18)21/h5-7,12,15-16,19,24-25H,3-4,8-11,13-14H2,1-2H3/b17-12+. The lowest BCUT2D eigenvalue weighted by molar-refractivity contribution is -0.133. The molecule has 1 aromatic heterocycles. The first kappa shape index (κ1) is 18.3. The highest BCUT2D eigenvalue weighted by Gasteiger charge is 2.26. The van der Waals surface area contributed by atoms with E-state index < -0.39 is 0 Å². The average Bonchev–Trinajstić information content (AvgIpc) is 3.42. The van der Waals surface area contributed by atoms with Gasteiger partial charge in [-0.25, -0.2) is 0 Å². The number of hydrogen-bond donors (Lipinski definition) is 2. The highest BCUT2D eigenvalue weighted by Crippen LogP contribution is 2.36. The predicted molar refractivity (Wildman–Crippen MR) is 112 cm³/mol. The zero-order chi connectivity index (χ0) is 18.8. The topological polar surface area (TPSA) is 48.1 Å². The highest BCUT2D eigenvalue weighted by molar-refractivity contribution is 5.97. The van der Waals surface area contributed by atoms with Gasteiger partial charge in [-0.3, -0.25) is 4.79 Å². The van der Waals surface area contributed by atoms with E-state index in [1.54, 1.807) is 0 Å². The smallest absolute Gasteiger partial charge is 0.230 e. The first-order valence-electron chi connectivity index (χ1n) is 10.5. The Morgan fingerprint density at radius 1 is 1.30 bits per heavy atom. The first-order valence-corrected chi connectivity index (χ1v) is 10.5. The second-order valence-electron chi connectivity index (χ2n) is 7.95. The lowest BCUT2D eigenvalue weighted by Gasteiger charge is -2.25. The van der Waals surface area contributed by atoms with Gasteiger partial charge in [0.2, 0.25) is 5.91 Å². The number of aromatic nitrogens is 1. The van der Waals surface area contributed by atoms with Gasteiger partial charge in [0.1, 0.15) is 0 Å². The van der Waals surface area contributed by atoms with Gasteiger partial charge >= 0.3 is 0 Å². The number of carbonyl (C=O) groups is 1. The molecule has 1 atom stereocenters. The van der Waals surface area contributed by atoms with Gasteiger partial charge in [0.25, 0.3) is 0 Å². The van der Waals surface area contributed by atoms with Crippen molar-refractivity contribution >= 4 is 22.4 Å². The van der Waals surface area contributed by atoms with E-state index in [4.69, 9.17) is 0 Å². The van der Waals surface area contributed by atoms with Crippen LogP contribution >= 0.6 is 0 Å². The van der Waals surface area contributed by atoms with Crippen molar-refractivity contribution in [2.45, 2.75) is 39.5 Å². The summed E-state index contributed by atoms with van der Waals surface area (Å²) in [6, 6.07) is 6.46. The fourth-order valence-corrected chi connectivity index (χ4v) is 4.29. The van der Waals surface area contributed by atoms with Crippen LogP contribution in [0.3, 0.4) is 0 Å². The summed E-state index contributed by atoms with van der Waals surface area (Å²) in [4.78, 5) is 18.5. The van der Waals surface area contributed by atoms with Crippen molar-refractivity contribution in [3.63, 3.8) is 0 Å². The summed E-state index contributed by atoms with van der Waals surface area (Å²) in [6.45, 7) is 7.46. The van der Waals surface area contributed by atoms with Gasteiger partial charge in [0.05, 0.1) is 5.92 Å². The number of benzene rings is 1. The molecule has 1 heterocycles. The van der Waals surface area contributed by atoms with Crippen LogP contribution in [0.1, 0.15) is 44.2 Å². The van der Waals surface area contributed by atoms with Gasteiger partial charge in [-0.15, -0.1) is 0 Å². The van der Waals surface area contributed by atoms with Gasteiger partial charge in [-0.2, -0.15) is 0 Å². The largest absolute Gasteiger partial charge is 0.361 e. The van der Waals surface area contributed by atoms with Crippen molar-refractivity contribution in [3.05, 3.63) is 41.6 Å². The van der Waals surface area contributed by atoms with Crippen LogP contribution in [0.25, 0.3) is 16.5 Å². The summed E-state index contributed by atoms with van der Waals surface area (Å²) >= 11 is 0. The Morgan fingerprint density at radius 2 is 2.11 bits per heavy atom. The van der Waals surface area contributed by atoms with Crippen LogP contribution in [-0.2, 0) is 11.2 Å². The van der Waals surface area contributed by atoms with Crippen LogP contribution in [0.5, 0.6) is 0 Å². The van der Waals surface area contributed by atoms with Crippen LogP contribution in [0.2, 0.25) is 0 Å². The molecule has 2 N–H and O–H groups in total. The molecule has 4 heteroatoms. The zero-order valence-corrected chi connectivity index (χ0v) is 16.6. The molecule has 27 heavy (non-hydrogen) atoms. The number of amides is 1. The summed E-state index contributed by atoms with van der Waals surface area (Å²) in [5, 5.41) is 4.90. The lowest BCUT2D eigenvalue weighted by atomic mass is 9.86. The minimum Gasteiger partial charge on any atom is -0.361 e. The highest BCUT2D eigenvalue weighted by atomic mass is 16.2. The average molecular weight is 366 g/mol. The van der Waals surface area contributed by atoms with Crippen LogP contribution in [0.4, 0.5) is 0 Å². The second-order valence-corrected chi connectivity index (χ2v) is 7.95. The fourth-order valence-electron chi connectivity index (χ4n) is 4.29. The molecule has 0 spiro atoms. The Hall–Kier alpha value is -2.07. The molecule has 1 fully saturated rings. The SMILES string of the molecule is CCN(CC)C(=O)C(/C=C1\CCc2c[nH]c3cccc1c23)CNCC1CC1.